The van der Waals surface area contributed by atoms with Crippen LogP contribution in [-0.4, -0.2) is 63.6 Å². The molecule has 1 amide bonds. The normalized spacial score (nSPS) is 21.0. The van der Waals surface area contributed by atoms with Gasteiger partial charge in [0.1, 0.15) is 11.2 Å². The van der Waals surface area contributed by atoms with Crippen LogP contribution in [0.25, 0.3) is 10.9 Å². The number of hydrogen-bond acceptors (Lipinski definition) is 8. The highest BCUT2D eigenvalue weighted by molar-refractivity contribution is 5.93. The molecule has 0 radical (unpaired) electrons. The minimum absolute atomic E-state index is 0.0290. The Balaban J connectivity index is 2.02. The Labute approximate surface area is 229 Å². The maximum atomic E-state index is 13.5. The molecule has 216 valence electrons. The molecule has 0 bridgehead atoms. The number of benzene rings is 1. The molecule has 0 spiro atoms. The molecular weight excluding hydrogens is 504 g/mol. The van der Waals surface area contributed by atoms with Crippen LogP contribution in [0.5, 0.6) is 0 Å². The number of carbonyl (C=O) groups excluding carboxylic acids is 3. The SMILES string of the molecule is CC(C)(C)OC(=O)N[C@H](CO)C[C@@]1(Cc2cn(C(=O)OC(C)(C)C)c3ccccc23)O[C@H](C(C)(C)C)OC1=O. The standard InChI is InChI=1S/C29H42N2O8/c1-26(2,3)23-36-22(33)29(37-23,15-19(17-32)30-24(34)38-27(4,5)6)14-18-16-31(25(35)39-28(7,8)9)21-13-11-10-12-20(18)21/h10-13,16,19,23,32H,14-15,17H2,1-9H3,(H,30,34)/t19-,23+,29+/m0/s1. The number of aliphatic hydroxyl groups is 1. The van der Waals surface area contributed by atoms with Gasteiger partial charge in [-0.25, -0.2) is 14.4 Å². The van der Waals surface area contributed by atoms with E-state index in [1.807, 2.05) is 39.0 Å². The van der Waals surface area contributed by atoms with Crippen LogP contribution in [0.15, 0.2) is 30.5 Å². The molecule has 1 fully saturated rings. The summed E-state index contributed by atoms with van der Waals surface area (Å²) in [4.78, 5) is 39.0. The first-order valence-corrected chi connectivity index (χ1v) is 13.2. The number of rotatable bonds is 6. The fourth-order valence-electron chi connectivity index (χ4n) is 4.35. The summed E-state index contributed by atoms with van der Waals surface area (Å²) in [7, 11) is 0. The molecule has 3 atom stereocenters. The average molecular weight is 547 g/mol. The summed E-state index contributed by atoms with van der Waals surface area (Å²) < 4.78 is 24.4. The average Bonchev–Trinajstić information content (AvgIpc) is 3.29. The summed E-state index contributed by atoms with van der Waals surface area (Å²) in [6.07, 6.45) is -0.554. The van der Waals surface area contributed by atoms with E-state index in [1.165, 1.54) is 4.57 Å². The van der Waals surface area contributed by atoms with Gasteiger partial charge in [0.2, 0.25) is 6.29 Å². The Morgan fingerprint density at radius 1 is 1.05 bits per heavy atom. The van der Waals surface area contributed by atoms with Crippen LogP contribution in [-0.2, 0) is 30.2 Å². The van der Waals surface area contributed by atoms with Crippen molar-refractivity contribution in [2.24, 2.45) is 5.41 Å². The molecule has 1 saturated heterocycles. The predicted molar refractivity (Wildman–Crippen MR) is 145 cm³/mol. The van der Waals surface area contributed by atoms with E-state index in [1.54, 1.807) is 53.8 Å². The van der Waals surface area contributed by atoms with Crippen molar-refractivity contribution < 1.29 is 38.4 Å². The van der Waals surface area contributed by atoms with Crippen molar-refractivity contribution in [1.82, 2.24) is 9.88 Å². The van der Waals surface area contributed by atoms with Crippen LogP contribution in [0.3, 0.4) is 0 Å². The van der Waals surface area contributed by atoms with Crippen molar-refractivity contribution in [1.29, 1.82) is 0 Å². The lowest BCUT2D eigenvalue weighted by Crippen LogP contribution is -2.50. The monoisotopic (exact) mass is 546 g/mol. The lowest BCUT2D eigenvalue weighted by molar-refractivity contribution is -0.156. The predicted octanol–water partition coefficient (Wildman–Crippen LogP) is 4.93. The number of nitrogens with one attached hydrogen (secondary N) is 1. The molecule has 0 saturated carbocycles. The van der Waals surface area contributed by atoms with Crippen molar-refractivity contribution in [3.05, 3.63) is 36.0 Å². The van der Waals surface area contributed by atoms with Crippen LogP contribution < -0.4 is 5.32 Å². The van der Waals surface area contributed by atoms with E-state index in [4.69, 9.17) is 18.9 Å². The van der Waals surface area contributed by atoms with E-state index >= 15 is 0 Å². The van der Waals surface area contributed by atoms with Crippen LogP contribution in [0.2, 0.25) is 0 Å². The number of hydrogen-bond donors (Lipinski definition) is 2. The summed E-state index contributed by atoms with van der Waals surface area (Å²) in [6.45, 7) is 15.7. The lowest BCUT2D eigenvalue weighted by atomic mass is 9.87. The van der Waals surface area contributed by atoms with Gasteiger partial charge >= 0.3 is 18.2 Å². The maximum absolute atomic E-state index is 13.5. The van der Waals surface area contributed by atoms with Crippen molar-refractivity contribution in [2.45, 2.75) is 104 Å². The molecular formula is C29H42N2O8. The van der Waals surface area contributed by atoms with Gasteiger partial charge in [-0.1, -0.05) is 39.0 Å². The fraction of sp³-hybridized carbons (Fsp3) is 0.621. The maximum Gasteiger partial charge on any atom is 0.419 e. The molecule has 3 rings (SSSR count). The number of para-hydroxylation sites is 1. The second kappa shape index (κ2) is 10.8. The zero-order valence-corrected chi connectivity index (χ0v) is 24.4. The summed E-state index contributed by atoms with van der Waals surface area (Å²) in [5.74, 6) is -0.610. The third kappa shape index (κ3) is 7.51. The number of aromatic nitrogens is 1. The Bertz CT molecular complexity index is 1210. The quantitative estimate of drug-likeness (QED) is 0.386. The van der Waals surface area contributed by atoms with E-state index in [0.29, 0.717) is 11.1 Å². The van der Waals surface area contributed by atoms with Gasteiger partial charge in [-0.15, -0.1) is 0 Å². The van der Waals surface area contributed by atoms with Gasteiger partial charge in [-0.05, 0) is 53.2 Å². The Morgan fingerprint density at radius 3 is 2.21 bits per heavy atom. The molecule has 1 aliphatic rings. The van der Waals surface area contributed by atoms with Crippen molar-refractivity contribution in [3.63, 3.8) is 0 Å². The summed E-state index contributed by atoms with van der Waals surface area (Å²) in [6, 6.07) is 6.42. The number of fused-ring (bicyclic) bond motifs is 1. The third-order valence-corrected chi connectivity index (χ3v) is 6.00. The highest BCUT2D eigenvalue weighted by Crippen LogP contribution is 2.40. The largest absolute Gasteiger partial charge is 0.444 e. The first-order chi connectivity index (χ1) is 17.8. The second-order valence-corrected chi connectivity index (χ2v) is 13.1. The topological polar surface area (TPSA) is 125 Å². The van der Waals surface area contributed by atoms with Crippen molar-refractivity contribution >= 4 is 29.1 Å². The fourth-order valence-corrected chi connectivity index (χ4v) is 4.35. The number of amides is 1. The first kappa shape index (κ1) is 30.4. The van der Waals surface area contributed by atoms with Gasteiger partial charge in [0.15, 0.2) is 5.60 Å². The minimum Gasteiger partial charge on any atom is -0.444 e. The van der Waals surface area contributed by atoms with E-state index < -0.39 is 59.3 Å². The van der Waals surface area contributed by atoms with Crippen molar-refractivity contribution in [2.75, 3.05) is 6.61 Å². The highest BCUT2D eigenvalue weighted by Gasteiger charge is 2.54. The molecule has 0 aliphatic carbocycles. The Kier molecular flexibility index (Phi) is 8.43. The van der Waals surface area contributed by atoms with Crippen molar-refractivity contribution in [3.8, 4) is 0 Å². The van der Waals surface area contributed by atoms with Gasteiger partial charge in [0, 0.05) is 29.8 Å². The number of cyclic esters (lactones) is 1. The number of alkyl carbamates (subject to hydrolysis) is 1. The zero-order chi connectivity index (χ0) is 29.4. The van der Waals surface area contributed by atoms with E-state index in [2.05, 4.69) is 5.32 Å². The third-order valence-electron chi connectivity index (χ3n) is 6.00. The van der Waals surface area contributed by atoms with E-state index in [0.717, 1.165) is 5.39 Å². The molecule has 39 heavy (non-hydrogen) atoms. The Hall–Kier alpha value is -3.11. The molecule has 2 heterocycles. The number of ether oxygens (including phenoxy) is 4. The van der Waals surface area contributed by atoms with Crippen LogP contribution in [0.1, 0.15) is 74.3 Å². The van der Waals surface area contributed by atoms with Gasteiger partial charge in [0.05, 0.1) is 18.2 Å². The van der Waals surface area contributed by atoms with Crippen LogP contribution >= 0.6 is 0 Å². The summed E-state index contributed by atoms with van der Waals surface area (Å²) in [5, 5.41) is 13.5. The highest BCUT2D eigenvalue weighted by atomic mass is 16.8. The molecule has 1 aromatic heterocycles. The second-order valence-electron chi connectivity index (χ2n) is 13.1. The number of esters is 1. The summed E-state index contributed by atoms with van der Waals surface area (Å²) in [5.41, 5.74) is -2.27. The molecule has 10 heteroatoms. The van der Waals surface area contributed by atoms with Crippen LogP contribution in [0.4, 0.5) is 9.59 Å². The van der Waals surface area contributed by atoms with E-state index in [9.17, 15) is 19.5 Å². The molecule has 2 aromatic rings. The van der Waals surface area contributed by atoms with Gasteiger partial charge < -0.3 is 29.4 Å². The smallest absolute Gasteiger partial charge is 0.419 e. The zero-order valence-electron chi connectivity index (χ0n) is 24.4. The number of nitrogens with zero attached hydrogens (tertiary/aromatic N) is 1. The molecule has 10 nitrogen and oxygen atoms in total. The van der Waals surface area contributed by atoms with Gasteiger partial charge in [-0.2, -0.15) is 0 Å². The molecule has 0 unspecified atom stereocenters. The number of aliphatic hydroxyl groups excluding tert-OH is 1. The summed E-state index contributed by atoms with van der Waals surface area (Å²) >= 11 is 0. The van der Waals surface area contributed by atoms with Crippen LogP contribution in [0, 0.1) is 5.41 Å². The first-order valence-electron chi connectivity index (χ1n) is 13.2. The van der Waals surface area contributed by atoms with E-state index in [-0.39, 0.29) is 12.8 Å². The molecule has 1 aliphatic heterocycles. The van der Waals surface area contributed by atoms with Gasteiger partial charge in [-0.3, -0.25) is 4.57 Å². The minimum atomic E-state index is -1.55. The lowest BCUT2D eigenvalue weighted by Gasteiger charge is -2.31. The van der Waals surface area contributed by atoms with Gasteiger partial charge in [0.25, 0.3) is 0 Å². The number of carbonyl (C=O) groups is 3. The molecule has 1 aromatic carbocycles. The molecule has 2 N–H and O–H groups in total. The Morgan fingerprint density at radius 2 is 1.67 bits per heavy atom.